The molecule has 114 valence electrons. The highest BCUT2D eigenvalue weighted by Crippen LogP contribution is 2.14. The van der Waals surface area contributed by atoms with Gasteiger partial charge in [0.25, 0.3) is 0 Å². The van der Waals surface area contributed by atoms with E-state index in [9.17, 15) is 13.6 Å². The Morgan fingerprint density at radius 2 is 1.95 bits per heavy atom. The summed E-state index contributed by atoms with van der Waals surface area (Å²) in [6.45, 7) is 3.66. The van der Waals surface area contributed by atoms with Crippen LogP contribution in [0.4, 0.5) is 14.6 Å². The number of aryl methyl sites for hydroxylation is 2. The van der Waals surface area contributed by atoms with Gasteiger partial charge in [0.15, 0.2) is 0 Å². The van der Waals surface area contributed by atoms with Crippen LogP contribution in [0, 0.1) is 18.6 Å². The van der Waals surface area contributed by atoms with Crippen LogP contribution in [0.5, 0.6) is 0 Å². The van der Waals surface area contributed by atoms with Gasteiger partial charge < -0.3 is 5.32 Å². The average Bonchev–Trinajstić information content (AvgIpc) is 2.46. The van der Waals surface area contributed by atoms with Gasteiger partial charge in [0.1, 0.15) is 23.3 Å². The molecule has 0 fully saturated rings. The van der Waals surface area contributed by atoms with Crippen LogP contribution in [0.15, 0.2) is 30.3 Å². The highest BCUT2D eigenvalue weighted by Gasteiger charge is 2.06. The minimum absolute atomic E-state index is 0.259. The molecule has 0 bridgehead atoms. The number of nitrogens with one attached hydrogen (secondary N) is 1. The lowest BCUT2D eigenvalue weighted by Crippen LogP contribution is -2.11. The Balaban J connectivity index is 2.13. The molecule has 0 radical (unpaired) electrons. The van der Waals surface area contributed by atoms with Crippen LogP contribution in [-0.2, 0) is 11.2 Å². The third kappa shape index (κ3) is 3.94. The summed E-state index contributed by atoms with van der Waals surface area (Å²) in [5, 5.41) is 2.54. The molecular weight excluding hydrogens is 288 g/mol. The molecule has 0 saturated heterocycles. The van der Waals surface area contributed by atoms with E-state index in [1.54, 1.807) is 13.0 Å². The number of hydrogen-bond acceptors (Lipinski definition) is 3. The van der Waals surface area contributed by atoms with Gasteiger partial charge in [0, 0.05) is 23.4 Å². The van der Waals surface area contributed by atoms with E-state index in [0.717, 1.165) is 30.0 Å². The van der Waals surface area contributed by atoms with Crippen molar-refractivity contribution in [2.24, 2.45) is 0 Å². The highest BCUT2D eigenvalue weighted by atomic mass is 19.1. The number of aromatic nitrogens is 2. The first-order chi connectivity index (χ1) is 10.5. The van der Waals surface area contributed by atoms with Crippen LogP contribution in [0.2, 0.25) is 0 Å². The Morgan fingerprint density at radius 3 is 2.59 bits per heavy atom. The van der Waals surface area contributed by atoms with Gasteiger partial charge in [-0.15, -0.1) is 0 Å². The van der Waals surface area contributed by atoms with Gasteiger partial charge in [0.05, 0.1) is 0 Å². The minimum Gasteiger partial charge on any atom is -0.307 e. The van der Waals surface area contributed by atoms with Gasteiger partial charge in [-0.3, -0.25) is 4.79 Å². The fourth-order valence-electron chi connectivity index (χ4n) is 1.87. The lowest BCUT2D eigenvalue weighted by molar-refractivity contribution is -0.111. The number of benzene rings is 1. The van der Waals surface area contributed by atoms with Crippen LogP contribution >= 0.6 is 0 Å². The van der Waals surface area contributed by atoms with E-state index in [0.29, 0.717) is 18.1 Å². The van der Waals surface area contributed by atoms with E-state index < -0.39 is 17.5 Å². The third-order valence-corrected chi connectivity index (χ3v) is 2.91. The van der Waals surface area contributed by atoms with Gasteiger partial charge in [-0.2, -0.15) is 0 Å². The summed E-state index contributed by atoms with van der Waals surface area (Å²) in [6.07, 6.45) is 2.86. The molecule has 0 atom stereocenters. The smallest absolute Gasteiger partial charge is 0.249 e. The Bertz CT molecular complexity index is 709. The molecule has 1 aromatic carbocycles. The fourth-order valence-corrected chi connectivity index (χ4v) is 1.87. The molecule has 1 amide bonds. The van der Waals surface area contributed by atoms with Crippen molar-refractivity contribution in [3.63, 3.8) is 0 Å². The monoisotopic (exact) mass is 303 g/mol. The van der Waals surface area contributed by atoms with Gasteiger partial charge in [-0.1, -0.05) is 13.0 Å². The molecule has 0 aliphatic rings. The zero-order valence-corrected chi connectivity index (χ0v) is 12.2. The Kier molecular flexibility index (Phi) is 4.93. The Hall–Kier alpha value is -2.63. The number of anilines is 1. The fraction of sp³-hybridized carbons (Fsp3) is 0.188. The maximum Gasteiger partial charge on any atom is 0.249 e. The Morgan fingerprint density at radius 1 is 1.27 bits per heavy atom. The van der Waals surface area contributed by atoms with Crippen molar-refractivity contribution in [2.45, 2.75) is 20.3 Å². The van der Waals surface area contributed by atoms with Crippen LogP contribution in [-0.4, -0.2) is 15.9 Å². The summed E-state index contributed by atoms with van der Waals surface area (Å²) >= 11 is 0. The molecule has 6 heteroatoms. The summed E-state index contributed by atoms with van der Waals surface area (Å²) in [7, 11) is 0. The second-order valence-corrected chi connectivity index (χ2v) is 4.60. The number of hydrogen-bond donors (Lipinski definition) is 1. The van der Waals surface area contributed by atoms with E-state index in [2.05, 4.69) is 15.3 Å². The van der Waals surface area contributed by atoms with E-state index >= 15 is 0 Å². The number of carbonyl (C=O) groups is 1. The van der Waals surface area contributed by atoms with Crippen LogP contribution < -0.4 is 5.32 Å². The number of halogens is 2. The van der Waals surface area contributed by atoms with Crippen molar-refractivity contribution in [1.29, 1.82) is 0 Å². The lowest BCUT2D eigenvalue weighted by Gasteiger charge is -2.05. The molecule has 22 heavy (non-hydrogen) atoms. The van der Waals surface area contributed by atoms with Crippen LogP contribution in [0.3, 0.4) is 0 Å². The highest BCUT2D eigenvalue weighted by molar-refractivity contribution is 6.01. The summed E-state index contributed by atoms with van der Waals surface area (Å²) < 4.78 is 26.9. The summed E-state index contributed by atoms with van der Waals surface area (Å²) in [6, 6.07) is 5.17. The van der Waals surface area contributed by atoms with Crippen molar-refractivity contribution >= 4 is 17.8 Å². The van der Waals surface area contributed by atoms with Gasteiger partial charge >= 0.3 is 0 Å². The molecular formula is C16H15F2N3O. The number of rotatable bonds is 4. The molecule has 0 unspecified atom stereocenters. The first kappa shape index (κ1) is 15.8. The topological polar surface area (TPSA) is 54.9 Å². The van der Waals surface area contributed by atoms with E-state index in [4.69, 9.17) is 0 Å². The first-order valence-corrected chi connectivity index (χ1v) is 6.77. The van der Waals surface area contributed by atoms with Gasteiger partial charge in [0.2, 0.25) is 5.91 Å². The normalized spacial score (nSPS) is 10.9. The molecule has 0 aliphatic carbocycles. The van der Waals surface area contributed by atoms with Gasteiger partial charge in [-0.25, -0.2) is 18.7 Å². The number of nitrogens with zero attached hydrogens (tertiary/aromatic N) is 2. The van der Waals surface area contributed by atoms with Crippen molar-refractivity contribution in [2.75, 3.05) is 5.32 Å². The summed E-state index contributed by atoms with van der Waals surface area (Å²) in [5.41, 5.74) is 0.540. The van der Waals surface area contributed by atoms with Crippen LogP contribution in [0.25, 0.3) is 6.08 Å². The van der Waals surface area contributed by atoms with Crippen LogP contribution in [0.1, 0.15) is 24.0 Å². The zero-order chi connectivity index (χ0) is 16.1. The maximum absolute atomic E-state index is 13.4. The van der Waals surface area contributed by atoms with E-state index in [-0.39, 0.29) is 5.56 Å². The predicted molar refractivity (Wildman–Crippen MR) is 80.2 cm³/mol. The molecule has 1 heterocycles. The number of amides is 1. The molecule has 1 aromatic heterocycles. The van der Waals surface area contributed by atoms with Crippen molar-refractivity contribution in [3.8, 4) is 0 Å². The maximum atomic E-state index is 13.4. The molecule has 0 spiro atoms. The summed E-state index contributed by atoms with van der Waals surface area (Å²) in [4.78, 5) is 20.1. The molecule has 0 saturated carbocycles. The quantitative estimate of drug-likeness (QED) is 0.882. The standard InChI is InChI=1S/C16H15F2N3O/c1-3-11-9-15(20-10(2)19-11)21-16(22)8-7-12-13(17)5-4-6-14(12)18/h4-9H,3H2,1-2H3,(H,19,20,21,22)/b8-7+. The second-order valence-electron chi connectivity index (χ2n) is 4.60. The molecule has 2 aromatic rings. The lowest BCUT2D eigenvalue weighted by atomic mass is 10.2. The SMILES string of the molecule is CCc1cc(NC(=O)/C=C/c2c(F)cccc2F)nc(C)n1. The van der Waals surface area contributed by atoms with Crippen molar-refractivity contribution in [1.82, 2.24) is 9.97 Å². The van der Waals surface area contributed by atoms with Crippen molar-refractivity contribution in [3.05, 3.63) is 59.1 Å². The second kappa shape index (κ2) is 6.89. The van der Waals surface area contributed by atoms with Crippen molar-refractivity contribution < 1.29 is 13.6 Å². The molecule has 2 rings (SSSR count). The van der Waals surface area contributed by atoms with E-state index in [1.807, 2.05) is 6.92 Å². The molecule has 4 nitrogen and oxygen atoms in total. The van der Waals surface area contributed by atoms with Gasteiger partial charge in [-0.05, 0) is 31.6 Å². The largest absolute Gasteiger partial charge is 0.307 e. The number of carbonyl (C=O) groups excluding carboxylic acids is 1. The average molecular weight is 303 g/mol. The third-order valence-electron chi connectivity index (χ3n) is 2.91. The Labute approximate surface area is 126 Å². The molecule has 0 aliphatic heterocycles. The predicted octanol–water partition coefficient (Wildman–Crippen LogP) is 3.28. The van der Waals surface area contributed by atoms with E-state index in [1.165, 1.54) is 6.07 Å². The summed E-state index contributed by atoms with van der Waals surface area (Å²) in [5.74, 6) is -1.08. The molecule has 1 N–H and O–H groups in total. The zero-order valence-electron chi connectivity index (χ0n) is 12.2. The minimum atomic E-state index is -0.727. The first-order valence-electron chi connectivity index (χ1n) is 6.77.